The molecule has 1 aliphatic heterocycles. The molecule has 0 N–H and O–H groups in total. The largest absolute Gasteiger partial charge is 0.381 e. The van der Waals surface area contributed by atoms with E-state index in [2.05, 4.69) is 188 Å². The van der Waals surface area contributed by atoms with Crippen LogP contribution < -0.4 is 0 Å². The first-order chi connectivity index (χ1) is 37.5. The molecular formula is C72H107ClF3N3O. The number of pyridine rings is 1. The molecule has 5 aromatic rings. The van der Waals surface area contributed by atoms with E-state index < -0.39 is 11.8 Å². The number of halogens is 4. The quantitative estimate of drug-likeness (QED) is 0.0980. The van der Waals surface area contributed by atoms with Crippen LogP contribution in [0.15, 0.2) is 121 Å². The second-order valence-electron chi connectivity index (χ2n) is 25.5. The third kappa shape index (κ3) is 33.7. The molecule has 6 rings (SSSR count). The van der Waals surface area contributed by atoms with Gasteiger partial charge < -0.3 is 4.74 Å². The van der Waals surface area contributed by atoms with E-state index in [-0.39, 0.29) is 16.8 Å². The van der Waals surface area contributed by atoms with E-state index in [9.17, 15) is 13.2 Å². The highest BCUT2D eigenvalue weighted by Gasteiger charge is 2.27. The molecule has 4 nitrogen and oxygen atoms in total. The van der Waals surface area contributed by atoms with E-state index in [0.717, 1.165) is 48.9 Å². The van der Waals surface area contributed by atoms with Crippen LogP contribution in [0.3, 0.4) is 0 Å². The lowest BCUT2D eigenvalue weighted by Gasteiger charge is -2.34. The molecule has 444 valence electrons. The van der Waals surface area contributed by atoms with Gasteiger partial charge in [-0.05, 0) is 155 Å². The van der Waals surface area contributed by atoms with Gasteiger partial charge in [-0.2, -0.15) is 14.9 Å². The number of hydrogen-bond donors (Lipinski definition) is 0. The Kier molecular flexibility index (Phi) is 38.6. The standard InChI is InChI=1S/C13H17N.C12H15N.C12H18.C10H20O.C9H10ClF.C8H9F2N.C8H18/c1-11(2)13(9-6-10-14)12-7-4-3-5-8-12;1-10(2)12(8-9-13)11-6-4-3-5-7-11;1-4-12(10(2)3)11-8-6-5-7-9-11;1-9(2)8-10(3)4-6-11-7-5-10;1-6(2)7-3-4-9(11)8(10)5-7;1-5(2)6-3-7(9)8(10)11-4-6;1-7(2)6-8(3,4)5/h3-5,7-8,11,13H,6,9H2,1-2H3;3-7,10,12H,8H2,1-2H3;5-10,12H,4H2,1-3H3;9H,4-8H2,1-3H3;3-6H,1-2H3;3-5H,1-2H3;7H,6H2,1-5H3. The van der Waals surface area contributed by atoms with E-state index in [1.807, 2.05) is 52.0 Å². The van der Waals surface area contributed by atoms with Gasteiger partial charge >= 0.3 is 0 Å². The molecule has 80 heavy (non-hydrogen) atoms. The maximum Gasteiger partial charge on any atom is 0.248 e. The molecule has 1 saturated heterocycles. The van der Waals surface area contributed by atoms with Crippen LogP contribution in [0.5, 0.6) is 0 Å². The minimum atomic E-state index is -1.03. The van der Waals surface area contributed by atoms with Crippen molar-refractivity contribution in [3.05, 3.63) is 172 Å². The van der Waals surface area contributed by atoms with Crippen molar-refractivity contribution >= 4 is 11.6 Å². The Bertz CT molecular complexity index is 2360. The lowest BCUT2D eigenvalue weighted by molar-refractivity contribution is 0.0140. The zero-order valence-corrected chi connectivity index (χ0v) is 53.9. The summed E-state index contributed by atoms with van der Waals surface area (Å²) in [6, 6.07) is 42.0. The molecule has 4 aromatic carbocycles. The maximum atomic E-state index is 12.6. The fourth-order valence-electron chi connectivity index (χ4n) is 10.0. The topological polar surface area (TPSA) is 69.7 Å². The summed E-state index contributed by atoms with van der Waals surface area (Å²) in [5, 5.41) is 17.5. The third-order valence-electron chi connectivity index (χ3n) is 14.1. The van der Waals surface area contributed by atoms with Crippen LogP contribution in [0.2, 0.25) is 5.02 Å². The fourth-order valence-corrected chi connectivity index (χ4v) is 10.2. The van der Waals surface area contributed by atoms with Crippen LogP contribution in [-0.2, 0) is 4.74 Å². The van der Waals surface area contributed by atoms with Gasteiger partial charge in [0.25, 0.3) is 0 Å². The summed E-state index contributed by atoms with van der Waals surface area (Å²) in [4.78, 5) is 3.26. The maximum absolute atomic E-state index is 12.6. The summed E-state index contributed by atoms with van der Waals surface area (Å²) in [6.45, 7) is 43.8. The minimum absolute atomic E-state index is 0.178. The summed E-state index contributed by atoms with van der Waals surface area (Å²) in [5.41, 5.74) is 6.99. The van der Waals surface area contributed by atoms with Gasteiger partial charge in [-0.25, -0.2) is 13.8 Å². The first-order valence-corrected chi connectivity index (χ1v) is 30.1. The molecule has 1 aliphatic rings. The van der Waals surface area contributed by atoms with Crippen molar-refractivity contribution in [2.24, 2.45) is 40.4 Å². The number of hydrogen-bond acceptors (Lipinski definition) is 4. The van der Waals surface area contributed by atoms with Crippen LogP contribution in [-0.4, -0.2) is 18.2 Å². The van der Waals surface area contributed by atoms with Gasteiger partial charge in [-0.3, -0.25) is 0 Å². The van der Waals surface area contributed by atoms with Crippen LogP contribution in [0.25, 0.3) is 0 Å². The zero-order chi connectivity index (χ0) is 61.0. The van der Waals surface area contributed by atoms with Gasteiger partial charge in [-0.1, -0.05) is 240 Å². The SMILES string of the molecule is CC(C)C(CC#N)c1ccccc1.CC(C)C(CCC#N)c1ccccc1.CC(C)CC(C)(C)C.CC(C)CC1(C)CCOCC1.CC(C)c1ccc(F)c(Cl)c1.CC(C)c1cnc(F)c(F)c1.CCC(c1ccccc1)C(C)C. The van der Waals surface area contributed by atoms with E-state index in [1.165, 1.54) is 67.1 Å². The highest BCUT2D eigenvalue weighted by Crippen LogP contribution is 2.36. The van der Waals surface area contributed by atoms with Gasteiger partial charge in [0.05, 0.1) is 17.2 Å². The van der Waals surface area contributed by atoms with Crippen LogP contribution in [0.4, 0.5) is 13.2 Å². The van der Waals surface area contributed by atoms with Gasteiger partial charge in [0.1, 0.15) is 5.82 Å². The number of nitriles is 2. The molecule has 2 heterocycles. The molecule has 3 atom stereocenters. The summed E-state index contributed by atoms with van der Waals surface area (Å²) in [6.07, 6.45) is 10.0. The zero-order valence-electron chi connectivity index (χ0n) is 53.2. The predicted molar refractivity (Wildman–Crippen MR) is 338 cm³/mol. The molecule has 3 unspecified atom stereocenters. The first kappa shape index (κ1) is 75.0. The Morgan fingerprint density at radius 1 is 0.575 bits per heavy atom. The van der Waals surface area contributed by atoms with Gasteiger partial charge in [0.2, 0.25) is 5.95 Å². The monoisotopic (exact) mass is 1120 g/mol. The molecule has 0 bridgehead atoms. The molecule has 1 fully saturated rings. The van der Waals surface area contributed by atoms with Crippen molar-refractivity contribution in [3.8, 4) is 12.1 Å². The number of nitrogens with zero attached hydrogens (tertiary/aromatic N) is 3. The minimum Gasteiger partial charge on any atom is -0.381 e. The number of rotatable bonds is 15. The van der Waals surface area contributed by atoms with E-state index in [0.29, 0.717) is 58.8 Å². The smallest absolute Gasteiger partial charge is 0.248 e. The van der Waals surface area contributed by atoms with Gasteiger partial charge in [0, 0.05) is 32.3 Å². The highest BCUT2D eigenvalue weighted by atomic mass is 35.5. The van der Waals surface area contributed by atoms with Crippen molar-refractivity contribution in [3.63, 3.8) is 0 Å². The van der Waals surface area contributed by atoms with E-state index in [4.69, 9.17) is 26.9 Å². The molecular weight excluding hydrogens is 1020 g/mol. The summed E-state index contributed by atoms with van der Waals surface area (Å²) in [7, 11) is 0. The van der Waals surface area contributed by atoms with E-state index >= 15 is 0 Å². The summed E-state index contributed by atoms with van der Waals surface area (Å²) in [5.74, 6) is 3.50. The normalized spacial score (nSPS) is 13.7. The lowest BCUT2D eigenvalue weighted by Crippen LogP contribution is -2.27. The Morgan fingerprint density at radius 3 is 1.36 bits per heavy atom. The van der Waals surface area contributed by atoms with E-state index in [1.54, 1.807) is 12.1 Å². The second kappa shape index (κ2) is 41.1. The first-order valence-electron chi connectivity index (χ1n) is 29.7. The Balaban J connectivity index is 0.000000915. The number of benzene rings is 4. The second-order valence-corrected chi connectivity index (χ2v) is 25.9. The van der Waals surface area contributed by atoms with Crippen molar-refractivity contribution < 1.29 is 17.9 Å². The third-order valence-corrected chi connectivity index (χ3v) is 14.4. The molecule has 8 heteroatoms. The van der Waals surface area contributed by atoms with Crippen LogP contribution >= 0.6 is 11.6 Å². The molecule has 0 saturated carbocycles. The molecule has 0 amide bonds. The average Bonchev–Trinajstić information content (AvgIpc) is 3.38. The Morgan fingerprint density at radius 2 is 1.02 bits per heavy atom. The molecule has 0 spiro atoms. The number of aromatic nitrogens is 1. The van der Waals surface area contributed by atoms with Crippen molar-refractivity contribution in [2.45, 2.75) is 213 Å². The lowest BCUT2D eigenvalue weighted by atomic mass is 9.76. The number of ether oxygens (including phenoxy) is 1. The van der Waals surface area contributed by atoms with Gasteiger partial charge in [0.15, 0.2) is 5.82 Å². The average molecular weight is 1120 g/mol. The van der Waals surface area contributed by atoms with Crippen LogP contribution in [0.1, 0.15) is 240 Å². The van der Waals surface area contributed by atoms with Gasteiger partial charge in [-0.15, -0.1) is 0 Å². The highest BCUT2D eigenvalue weighted by molar-refractivity contribution is 6.30. The fraction of sp³-hybridized carbons (Fsp3) is 0.569. The molecule has 0 radical (unpaired) electrons. The van der Waals surface area contributed by atoms with Crippen molar-refractivity contribution in [1.82, 2.24) is 4.98 Å². The van der Waals surface area contributed by atoms with Crippen molar-refractivity contribution in [2.75, 3.05) is 13.2 Å². The van der Waals surface area contributed by atoms with Crippen LogP contribution in [0, 0.1) is 80.7 Å². The van der Waals surface area contributed by atoms with Crippen molar-refractivity contribution in [1.29, 1.82) is 10.5 Å². The summed E-state index contributed by atoms with van der Waals surface area (Å²) >= 11 is 5.58. The Labute approximate surface area is 492 Å². The molecule has 1 aromatic heterocycles. The summed E-state index contributed by atoms with van der Waals surface area (Å²) < 4.78 is 42.8. The Hall–Kier alpha value is -4.95. The predicted octanol–water partition coefficient (Wildman–Crippen LogP) is 22.9. The molecule has 0 aliphatic carbocycles.